The minimum absolute atomic E-state index is 0.0106. The summed E-state index contributed by atoms with van der Waals surface area (Å²) < 4.78 is 26.4. The molecular weight excluding hydrogens is 239 g/mol. The molecule has 1 heterocycles. The topological polar surface area (TPSA) is 48.1 Å². The second-order valence-electron chi connectivity index (χ2n) is 3.09. The smallest absolute Gasteiger partial charge is 0.413 e. The van der Waals surface area contributed by atoms with E-state index in [-0.39, 0.29) is 12.7 Å². The largest absolute Gasteiger partial charge is 0.476 e. The number of rotatable bonds is 5. The zero-order chi connectivity index (χ0) is 10.7. The molecule has 0 aromatic heterocycles. The molecule has 1 aliphatic heterocycles. The summed E-state index contributed by atoms with van der Waals surface area (Å²) in [6, 6.07) is 8.66. The number of halogens is 1. The van der Waals surface area contributed by atoms with Crippen molar-refractivity contribution in [3.63, 3.8) is 0 Å². The van der Waals surface area contributed by atoms with Gasteiger partial charge in [-0.15, -0.1) is 0 Å². The van der Waals surface area contributed by atoms with Gasteiger partial charge in [0.1, 0.15) is 11.9 Å². The van der Waals surface area contributed by atoms with Crippen LogP contribution >= 0.6 is 18.2 Å². The zero-order valence-electron chi connectivity index (χ0n) is 7.84. The fourth-order valence-corrected chi connectivity index (χ4v) is 2.15. The molecule has 1 aromatic carbocycles. The molecule has 2 rings (SSSR count). The Hall–Kier alpha value is -0.540. The molecule has 4 nitrogen and oxygen atoms in total. The van der Waals surface area contributed by atoms with Gasteiger partial charge in [-0.3, -0.25) is 4.52 Å². The number of benzene rings is 1. The molecular formula is C9H10ClO4P. The molecule has 0 spiro atoms. The summed E-state index contributed by atoms with van der Waals surface area (Å²) in [5, 5.41) is 0. The van der Waals surface area contributed by atoms with Crippen LogP contribution < -0.4 is 4.52 Å². The van der Waals surface area contributed by atoms with Gasteiger partial charge in [-0.2, -0.15) is 0 Å². The van der Waals surface area contributed by atoms with Crippen molar-refractivity contribution in [2.24, 2.45) is 0 Å². The molecule has 82 valence electrons. The van der Waals surface area contributed by atoms with Gasteiger partial charge in [-0.25, -0.2) is 4.57 Å². The van der Waals surface area contributed by atoms with Crippen molar-refractivity contribution in [2.75, 3.05) is 13.2 Å². The fraction of sp³-hybridized carbons (Fsp3) is 0.333. The molecule has 0 amide bonds. The summed E-state index contributed by atoms with van der Waals surface area (Å²) >= 11 is 5.60. The Morgan fingerprint density at radius 3 is 2.73 bits per heavy atom. The Morgan fingerprint density at radius 2 is 2.13 bits per heavy atom. The van der Waals surface area contributed by atoms with Crippen molar-refractivity contribution in [3.05, 3.63) is 30.3 Å². The fourth-order valence-electron chi connectivity index (χ4n) is 0.970. The average Bonchev–Trinajstić information content (AvgIpc) is 2.99. The highest BCUT2D eigenvalue weighted by Crippen LogP contribution is 2.53. The normalized spacial score (nSPS) is 23.1. The van der Waals surface area contributed by atoms with E-state index in [0.717, 1.165) is 0 Å². The van der Waals surface area contributed by atoms with E-state index in [2.05, 4.69) is 0 Å². The van der Waals surface area contributed by atoms with Crippen LogP contribution in [0.2, 0.25) is 0 Å². The summed E-state index contributed by atoms with van der Waals surface area (Å²) in [6.45, 7) is -2.71. The quantitative estimate of drug-likeness (QED) is 0.594. The van der Waals surface area contributed by atoms with Crippen molar-refractivity contribution < 1.29 is 18.3 Å². The van der Waals surface area contributed by atoms with Gasteiger partial charge in [0.05, 0.1) is 13.2 Å². The Bertz CT molecular complexity index is 366. The van der Waals surface area contributed by atoms with Crippen LogP contribution in [0, 0.1) is 0 Å². The lowest BCUT2D eigenvalue weighted by molar-refractivity contribution is 0.242. The molecule has 6 heteroatoms. The Balaban J connectivity index is 1.88. The standard InChI is InChI=1S/C9H10ClO4P/c10-15(11,13-7-9-6-12-9)14-8-4-2-1-3-5-8/h1-5,9H,6-7H2. The number of para-hydroxylation sites is 1. The molecule has 0 saturated carbocycles. The molecule has 1 aliphatic rings. The molecule has 15 heavy (non-hydrogen) atoms. The van der Waals surface area contributed by atoms with Gasteiger partial charge >= 0.3 is 6.95 Å². The molecule has 2 atom stereocenters. The summed E-state index contributed by atoms with van der Waals surface area (Å²) in [4.78, 5) is 0. The third-order valence-electron chi connectivity index (χ3n) is 1.77. The number of epoxide rings is 1. The highest BCUT2D eigenvalue weighted by Gasteiger charge is 2.29. The van der Waals surface area contributed by atoms with Gasteiger partial charge in [0.25, 0.3) is 0 Å². The van der Waals surface area contributed by atoms with Crippen molar-refractivity contribution >= 4 is 18.2 Å². The maximum atomic E-state index is 11.6. The zero-order valence-corrected chi connectivity index (χ0v) is 9.49. The second-order valence-corrected chi connectivity index (χ2v) is 5.63. The molecule has 0 N–H and O–H groups in total. The van der Waals surface area contributed by atoms with Gasteiger partial charge < -0.3 is 9.26 Å². The number of hydrogen-bond donors (Lipinski definition) is 0. The lowest BCUT2D eigenvalue weighted by Gasteiger charge is -2.11. The number of hydrogen-bond acceptors (Lipinski definition) is 4. The van der Waals surface area contributed by atoms with Crippen molar-refractivity contribution in [1.82, 2.24) is 0 Å². The third kappa shape index (κ3) is 3.84. The van der Waals surface area contributed by atoms with Crippen molar-refractivity contribution in [2.45, 2.75) is 6.10 Å². The Morgan fingerprint density at radius 1 is 1.47 bits per heavy atom. The predicted octanol–water partition coefficient (Wildman–Crippen LogP) is 2.83. The minimum atomic E-state index is -3.54. The highest BCUT2D eigenvalue weighted by molar-refractivity contribution is 7.81. The van der Waals surface area contributed by atoms with Crippen LogP contribution in [0.5, 0.6) is 5.75 Å². The highest BCUT2D eigenvalue weighted by atomic mass is 35.7. The van der Waals surface area contributed by atoms with E-state index in [4.69, 9.17) is 25.0 Å². The van der Waals surface area contributed by atoms with Crippen LogP contribution in [-0.2, 0) is 13.8 Å². The van der Waals surface area contributed by atoms with E-state index >= 15 is 0 Å². The van der Waals surface area contributed by atoms with E-state index in [1.807, 2.05) is 6.07 Å². The summed E-state index contributed by atoms with van der Waals surface area (Å²) in [5.74, 6) is 0.424. The average molecular weight is 249 g/mol. The number of ether oxygens (including phenoxy) is 1. The first-order valence-electron chi connectivity index (χ1n) is 4.46. The lowest BCUT2D eigenvalue weighted by Crippen LogP contribution is -2.00. The first-order chi connectivity index (χ1) is 7.16. The molecule has 2 unspecified atom stereocenters. The maximum absolute atomic E-state index is 11.6. The summed E-state index contributed by atoms with van der Waals surface area (Å²) in [5.41, 5.74) is 0. The van der Waals surface area contributed by atoms with E-state index in [9.17, 15) is 4.57 Å². The monoisotopic (exact) mass is 248 g/mol. The van der Waals surface area contributed by atoms with Gasteiger partial charge in [-0.1, -0.05) is 18.2 Å². The molecule has 0 bridgehead atoms. The van der Waals surface area contributed by atoms with Crippen LogP contribution in [0.4, 0.5) is 0 Å². The van der Waals surface area contributed by atoms with E-state index < -0.39 is 6.95 Å². The SMILES string of the molecule is O=P(Cl)(OCC1CO1)Oc1ccccc1. The molecule has 1 fully saturated rings. The maximum Gasteiger partial charge on any atom is 0.476 e. The minimum Gasteiger partial charge on any atom is -0.413 e. The van der Waals surface area contributed by atoms with Crippen LogP contribution in [0.1, 0.15) is 0 Å². The van der Waals surface area contributed by atoms with E-state index in [1.165, 1.54) is 0 Å². The van der Waals surface area contributed by atoms with Crippen molar-refractivity contribution in [1.29, 1.82) is 0 Å². The molecule has 0 radical (unpaired) electrons. The van der Waals surface area contributed by atoms with Gasteiger partial charge in [-0.05, 0) is 12.1 Å². The Labute approximate surface area is 92.4 Å². The predicted molar refractivity (Wildman–Crippen MR) is 56.2 cm³/mol. The lowest BCUT2D eigenvalue weighted by atomic mass is 10.3. The Kier molecular flexibility index (Phi) is 3.32. The second kappa shape index (κ2) is 4.54. The van der Waals surface area contributed by atoms with Crippen molar-refractivity contribution in [3.8, 4) is 5.75 Å². The van der Waals surface area contributed by atoms with Crippen LogP contribution in [0.3, 0.4) is 0 Å². The van der Waals surface area contributed by atoms with Gasteiger partial charge in [0, 0.05) is 11.2 Å². The van der Waals surface area contributed by atoms with Gasteiger partial charge in [0.2, 0.25) is 0 Å². The van der Waals surface area contributed by atoms with Crippen LogP contribution in [-0.4, -0.2) is 19.3 Å². The molecule has 1 saturated heterocycles. The van der Waals surface area contributed by atoms with Crippen LogP contribution in [0.25, 0.3) is 0 Å². The first kappa shape index (κ1) is 11.0. The summed E-state index contributed by atoms with van der Waals surface area (Å²) in [6.07, 6.45) is 0.0106. The first-order valence-corrected chi connectivity index (χ1v) is 6.91. The molecule has 0 aliphatic carbocycles. The third-order valence-corrected chi connectivity index (χ3v) is 3.16. The van der Waals surface area contributed by atoms with Crippen LogP contribution in [0.15, 0.2) is 30.3 Å². The van der Waals surface area contributed by atoms with E-state index in [0.29, 0.717) is 12.4 Å². The molecule has 1 aromatic rings. The van der Waals surface area contributed by atoms with Gasteiger partial charge in [0.15, 0.2) is 0 Å². The summed E-state index contributed by atoms with van der Waals surface area (Å²) in [7, 11) is 0. The van der Waals surface area contributed by atoms with E-state index in [1.54, 1.807) is 24.3 Å².